The van der Waals surface area contributed by atoms with Gasteiger partial charge in [0.2, 0.25) is 0 Å². The average molecular weight is 332 g/mol. The summed E-state index contributed by atoms with van der Waals surface area (Å²) in [4.78, 5) is 37.4. The van der Waals surface area contributed by atoms with Crippen LogP contribution in [-0.4, -0.2) is 48.9 Å². The van der Waals surface area contributed by atoms with Crippen molar-refractivity contribution in [3.8, 4) is 0 Å². The van der Waals surface area contributed by atoms with Crippen molar-refractivity contribution in [2.45, 2.75) is 26.2 Å². The molecule has 2 amide bonds. The van der Waals surface area contributed by atoms with Crippen molar-refractivity contribution in [2.24, 2.45) is 5.92 Å². The van der Waals surface area contributed by atoms with Crippen LogP contribution in [0.2, 0.25) is 0 Å². The van der Waals surface area contributed by atoms with E-state index < -0.39 is 5.97 Å². The summed E-state index contributed by atoms with van der Waals surface area (Å²) < 4.78 is 4.97. The molecule has 24 heavy (non-hydrogen) atoms. The van der Waals surface area contributed by atoms with Gasteiger partial charge in [-0.1, -0.05) is 25.1 Å². The molecule has 1 aromatic carbocycles. The molecule has 0 aromatic heterocycles. The molecular weight excluding hydrogens is 308 g/mol. The summed E-state index contributed by atoms with van der Waals surface area (Å²) in [6, 6.07) is 8.61. The van der Waals surface area contributed by atoms with Crippen LogP contribution in [0.4, 0.5) is 0 Å². The Labute approximate surface area is 142 Å². The third-order valence-corrected chi connectivity index (χ3v) is 3.81. The second-order valence-electron chi connectivity index (χ2n) is 5.99. The molecule has 1 aliphatic rings. The molecule has 0 spiro atoms. The minimum Gasteiger partial charge on any atom is -0.454 e. The first kappa shape index (κ1) is 18.0. The fourth-order valence-corrected chi connectivity index (χ4v) is 2.33. The molecule has 0 saturated heterocycles. The summed E-state index contributed by atoms with van der Waals surface area (Å²) in [5.74, 6) is -0.538. The van der Waals surface area contributed by atoms with Crippen LogP contribution in [0.5, 0.6) is 0 Å². The van der Waals surface area contributed by atoms with Gasteiger partial charge in [-0.25, -0.2) is 0 Å². The van der Waals surface area contributed by atoms with Gasteiger partial charge in [0.05, 0.1) is 0 Å². The van der Waals surface area contributed by atoms with Crippen molar-refractivity contribution in [2.75, 3.05) is 26.2 Å². The maximum Gasteiger partial charge on any atom is 0.325 e. The number of nitrogens with one attached hydrogen (secondary N) is 1. The van der Waals surface area contributed by atoms with Gasteiger partial charge in [-0.05, 0) is 37.3 Å². The zero-order valence-electron chi connectivity index (χ0n) is 14.0. The van der Waals surface area contributed by atoms with E-state index in [1.807, 2.05) is 6.92 Å². The Morgan fingerprint density at radius 2 is 1.92 bits per heavy atom. The number of nitrogens with zero attached hydrogens (tertiary/aromatic N) is 1. The standard InChI is InChI=1S/C18H24N2O4/c1-2-10-20(12-14-8-9-14)16(21)13-24-17(22)11-19-18(23)15-6-4-3-5-7-15/h3-7,14H,2,8-13H2,1H3,(H,19,23). The molecule has 1 aromatic rings. The van der Waals surface area contributed by atoms with Crippen LogP contribution in [0.1, 0.15) is 36.5 Å². The molecule has 0 atom stereocenters. The second-order valence-corrected chi connectivity index (χ2v) is 5.99. The van der Waals surface area contributed by atoms with Crippen LogP contribution < -0.4 is 5.32 Å². The largest absolute Gasteiger partial charge is 0.454 e. The van der Waals surface area contributed by atoms with Crippen LogP contribution in [0.15, 0.2) is 30.3 Å². The van der Waals surface area contributed by atoms with Gasteiger partial charge >= 0.3 is 5.97 Å². The number of esters is 1. The second kappa shape index (κ2) is 9.05. The highest BCUT2D eigenvalue weighted by atomic mass is 16.5. The van der Waals surface area contributed by atoms with E-state index in [0.717, 1.165) is 13.0 Å². The number of carbonyl (C=O) groups is 3. The van der Waals surface area contributed by atoms with Crippen molar-refractivity contribution in [3.05, 3.63) is 35.9 Å². The maximum absolute atomic E-state index is 12.1. The molecule has 130 valence electrons. The predicted molar refractivity (Wildman–Crippen MR) is 89.3 cm³/mol. The Kier molecular flexibility index (Phi) is 6.78. The lowest BCUT2D eigenvalue weighted by atomic mass is 10.2. The summed E-state index contributed by atoms with van der Waals surface area (Å²) in [5.41, 5.74) is 0.472. The summed E-state index contributed by atoms with van der Waals surface area (Å²) in [6.45, 7) is 2.91. The lowest BCUT2D eigenvalue weighted by molar-refractivity contribution is -0.151. The molecule has 0 heterocycles. The van der Waals surface area contributed by atoms with Gasteiger partial charge in [0.1, 0.15) is 6.54 Å². The first-order valence-electron chi connectivity index (χ1n) is 8.36. The molecule has 6 nitrogen and oxygen atoms in total. The first-order chi connectivity index (χ1) is 11.6. The Morgan fingerprint density at radius 3 is 2.54 bits per heavy atom. The molecule has 2 rings (SSSR count). The van der Waals surface area contributed by atoms with Crippen LogP contribution >= 0.6 is 0 Å². The molecular formula is C18H24N2O4. The monoisotopic (exact) mass is 332 g/mol. The average Bonchev–Trinajstić information content (AvgIpc) is 3.42. The van der Waals surface area contributed by atoms with Gasteiger partial charge in [0, 0.05) is 18.7 Å². The quantitative estimate of drug-likeness (QED) is 0.697. The predicted octanol–water partition coefficient (Wildman–Crippen LogP) is 1.61. The summed E-state index contributed by atoms with van der Waals surface area (Å²) in [6.07, 6.45) is 3.21. The number of ether oxygens (including phenoxy) is 1. The highest BCUT2D eigenvalue weighted by Crippen LogP contribution is 2.29. The van der Waals surface area contributed by atoms with Gasteiger partial charge in [0.15, 0.2) is 6.61 Å². The Morgan fingerprint density at radius 1 is 1.21 bits per heavy atom. The Bertz CT molecular complexity index is 570. The SMILES string of the molecule is CCCN(CC1CC1)C(=O)COC(=O)CNC(=O)c1ccccc1. The highest BCUT2D eigenvalue weighted by Gasteiger charge is 2.26. The van der Waals surface area contributed by atoms with E-state index in [1.165, 1.54) is 12.8 Å². The fourth-order valence-electron chi connectivity index (χ4n) is 2.33. The van der Waals surface area contributed by atoms with Crippen molar-refractivity contribution in [3.63, 3.8) is 0 Å². The van der Waals surface area contributed by atoms with Crippen LogP contribution in [0.25, 0.3) is 0 Å². The van der Waals surface area contributed by atoms with E-state index in [2.05, 4.69) is 5.32 Å². The molecule has 0 radical (unpaired) electrons. The molecule has 0 bridgehead atoms. The van der Waals surface area contributed by atoms with E-state index >= 15 is 0 Å². The zero-order chi connectivity index (χ0) is 17.4. The van der Waals surface area contributed by atoms with E-state index in [1.54, 1.807) is 35.2 Å². The van der Waals surface area contributed by atoms with Gasteiger partial charge in [-0.2, -0.15) is 0 Å². The molecule has 0 unspecified atom stereocenters. The van der Waals surface area contributed by atoms with E-state index in [0.29, 0.717) is 18.0 Å². The van der Waals surface area contributed by atoms with Crippen molar-refractivity contribution >= 4 is 17.8 Å². The third kappa shape index (κ3) is 6.02. The number of rotatable bonds is 9. The molecule has 0 aliphatic heterocycles. The molecule has 1 fully saturated rings. The first-order valence-corrected chi connectivity index (χ1v) is 8.36. The number of amides is 2. The summed E-state index contributed by atoms with van der Waals surface area (Å²) >= 11 is 0. The summed E-state index contributed by atoms with van der Waals surface area (Å²) in [5, 5.41) is 2.48. The minimum absolute atomic E-state index is 0.175. The summed E-state index contributed by atoms with van der Waals surface area (Å²) in [7, 11) is 0. The lowest BCUT2D eigenvalue weighted by Gasteiger charge is -2.21. The van der Waals surface area contributed by atoms with Crippen LogP contribution in [0, 0.1) is 5.92 Å². The van der Waals surface area contributed by atoms with Gasteiger partial charge in [-0.15, -0.1) is 0 Å². The van der Waals surface area contributed by atoms with E-state index in [4.69, 9.17) is 4.74 Å². The van der Waals surface area contributed by atoms with Crippen molar-refractivity contribution < 1.29 is 19.1 Å². The maximum atomic E-state index is 12.1. The van der Waals surface area contributed by atoms with E-state index in [-0.39, 0.29) is 25.0 Å². The minimum atomic E-state index is -0.615. The smallest absolute Gasteiger partial charge is 0.325 e. The van der Waals surface area contributed by atoms with E-state index in [9.17, 15) is 14.4 Å². The van der Waals surface area contributed by atoms with Crippen LogP contribution in [0.3, 0.4) is 0 Å². The van der Waals surface area contributed by atoms with Gasteiger partial charge < -0.3 is 15.0 Å². The zero-order valence-corrected chi connectivity index (χ0v) is 14.0. The number of hydrogen-bond acceptors (Lipinski definition) is 4. The fraction of sp³-hybridized carbons (Fsp3) is 0.500. The Balaban J connectivity index is 1.69. The number of benzene rings is 1. The Hall–Kier alpha value is -2.37. The normalized spacial score (nSPS) is 13.2. The number of carbonyl (C=O) groups excluding carboxylic acids is 3. The van der Waals surface area contributed by atoms with Gasteiger partial charge in [-0.3, -0.25) is 14.4 Å². The molecule has 1 aliphatic carbocycles. The highest BCUT2D eigenvalue weighted by molar-refractivity contribution is 5.96. The van der Waals surface area contributed by atoms with Gasteiger partial charge in [0.25, 0.3) is 11.8 Å². The van der Waals surface area contributed by atoms with Crippen molar-refractivity contribution in [1.29, 1.82) is 0 Å². The number of hydrogen-bond donors (Lipinski definition) is 1. The molecule has 6 heteroatoms. The third-order valence-electron chi connectivity index (χ3n) is 3.81. The van der Waals surface area contributed by atoms with Crippen LogP contribution in [-0.2, 0) is 14.3 Å². The van der Waals surface area contributed by atoms with Crippen molar-refractivity contribution in [1.82, 2.24) is 10.2 Å². The topological polar surface area (TPSA) is 75.7 Å². The molecule has 1 N–H and O–H groups in total. The lowest BCUT2D eigenvalue weighted by Crippen LogP contribution is -2.38. The molecule has 1 saturated carbocycles.